The van der Waals surface area contributed by atoms with E-state index in [1.807, 2.05) is 33.0 Å². The van der Waals surface area contributed by atoms with E-state index in [1.165, 1.54) is 6.07 Å². The van der Waals surface area contributed by atoms with Crippen LogP contribution in [0, 0.1) is 12.7 Å². The van der Waals surface area contributed by atoms with Crippen molar-refractivity contribution in [2.45, 2.75) is 20.3 Å². The molecule has 1 N–H and O–H groups in total. The van der Waals surface area contributed by atoms with E-state index in [0.29, 0.717) is 5.52 Å². The number of nitrogens with zero attached hydrogens (tertiary/aromatic N) is 1. The van der Waals surface area contributed by atoms with Crippen LogP contribution < -0.4 is 5.32 Å². The zero-order chi connectivity index (χ0) is 11.7. The molecule has 2 nitrogen and oxygen atoms in total. The van der Waals surface area contributed by atoms with E-state index in [0.717, 1.165) is 28.8 Å². The van der Waals surface area contributed by atoms with E-state index in [1.54, 1.807) is 0 Å². The lowest BCUT2D eigenvalue weighted by Crippen LogP contribution is -1.97. The van der Waals surface area contributed by atoms with Gasteiger partial charge in [-0.1, -0.05) is 6.92 Å². The largest absolute Gasteiger partial charge is 0.388 e. The van der Waals surface area contributed by atoms with Crippen molar-refractivity contribution in [1.29, 1.82) is 0 Å². The third-order valence-electron chi connectivity index (χ3n) is 2.70. The second-order valence-corrected chi connectivity index (χ2v) is 3.91. The summed E-state index contributed by atoms with van der Waals surface area (Å²) in [5.74, 6) is -0.248. The molecule has 0 unspecified atom stereocenters. The summed E-state index contributed by atoms with van der Waals surface area (Å²) < 4.78 is 13.8. The summed E-state index contributed by atoms with van der Waals surface area (Å²) >= 11 is 0. The van der Waals surface area contributed by atoms with Gasteiger partial charge in [0.05, 0.1) is 0 Å². The van der Waals surface area contributed by atoms with Crippen LogP contribution >= 0.6 is 0 Å². The van der Waals surface area contributed by atoms with Gasteiger partial charge < -0.3 is 5.32 Å². The van der Waals surface area contributed by atoms with Crippen LogP contribution in [0.3, 0.4) is 0 Å². The number of hydrogen-bond acceptors (Lipinski definition) is 2. The Hall–Kier alpha value is -1.64. The Labute approximate surface area is 94.5 Å². The van der Waals surface area contributed by atoms with Gasteiger partial charge in [-0.3, -0.25) is 0 Å². The highest BCUT2D eigenvalue weighted by molar-refractivity contribution is 5.92. The molecule has 0 radical (unpaired) electrons. The number of aromatic nitrogens is 1. The van der Waals surface area contributed by atoms with Gasteiger partial charge in [-0.2, -0.15) is 0 Å². The topological polar surface area (TPSA) is 24.9 Å². The summed E-state index contributed by atoms with van der Waals surface area (Å²) in [7, 11) is 1.84. The van der Waals surface area contributed by atoms with E-state index < -0.39 is 0 Å². The van der Waals surface area contributed by atoms with Crippen molar-refractivity contribution in [2.24, 2.45) is 0 Å². The molecule has 0 amide bonds. The number of benzene rings is 1. The van der Waals surface area contributed by atoms with Gasteiger partial charge in [0.15, 0.2) is 0 Å². The Morgan fingerprint density at radius 1 is 1.31 bits per heavy atom. The van der Waals surface area contributed by atoms with Crippen LogP contribution in [-0.2, 0) is 6.42 Å². The Morgan fingerprint density at radius 3 is 2.69 bits per heavy atom. The zero-order valence-corrected chi connectivity index (χ0v) is 9.76. The van der Waals surface area contributed by atoms with Gasteiger partial charge in [-0.15, -0.1) is 0 Å². The fourth-order valence-corrected chi connectivity index (χ4v) is 1.86. The van der Waals surface area contributed by atoms with E-state index in [9.17, 15) is 4.39 Å². The molecule has 1 aromatic heterocycles. The second-order valence-electron chi connectivity index (χ2n) is 3.91. The van der Waals surface area contributed by atoms with Crippen molar-refractivity contribution in [1.82, 2.24) is 4.98 Å². The molecule has 0 spiro atoms. The van der Waals surface area contributed by atoms with Gasteiger partial charge in [-0.05, 0) is 37.1 Å². The Morgan fingerprint density at radius 2 is 2.06 bits per heavy atom. The summed E-state index contributed by atoms with van der Waals surface area (Å²) in [5, 5.41) is 3.94. The Bertz CT molecular complexity index is 535. The number of fused-ring (bicyclic) bond motifs is 1. The van der Waals surface area contributed by atoms with Gasteiger partial charge in [0, 0.05) is 23.8 Å². The van der Waals surface area contributed by atoms with Crippen molar-refractivity contribution in [2.75, 3.05) is 12.4 Å². The summed E-state index contributed by atoms with van der Waals surface area (Å²) in [5.41, 5.74) is 3.20. The lowest BCUT2D eigenvalue weighted by atomic mass is 10.1. The highest BCUT2D eigenvalue weighted by Crippen LogP contribution is 2.26. The first-order valence-corrected chi connectivity index (χ1v) is 5.43. The number of rotatable bonds is 2. The molecule has 0 bridgehead atoms. The molecule has 84 valence electrons. The smallest absolute Gasteiger partial charge is 0.149 e. The first-order chi connectivity index (χ1) is 7.65. The van der Waals surface area contributed by atoms with Crippen LogP contribution in [0.1, 0.15) is 18.2 Å². The average molecular weight is 218 g/mol. The molecule has 1 heterocycles. The lowest BCUT2D eigenvalue weighted by Gasteiger charge is -2.09. The highest BCUT2D eigenvalue weighted by atomic mass is 19.1. The van der Waals surface area contributed by atoms with Crippen LogP contribution in [0.15, 0.2) is 18.2 Å². The molecule has 0 aliphatic heterocycles. The summed E-state index contributed by atoms with van der Waals surface area (Å²) in [4.78, 5) is 4.33. The van der Waals surface area contributed by atoms with E-state index >= 15 is 0 Å². The monoisotopic (exact) mass is 218 g/mol. The fraction of sp³-hybridized carbons (Fsp3) is 0.308. The SMILES string of the molecule is CCc1cc(NC)c2cc(C)cc(F)c2n1. The summed E-state index contributed by atoms with van der Waals surface area (Å²) in [6, 6.07) is 5.45. The molecule has 0 fully saturated rings. The van der Waals surface area contributed by atoms with Crippen molar-refractivity contribution in [3.05, 3.63) is 35.3 Å². The van der Waals surface area contributed by atoms with Crippen LogP contribution in [0.25, 0.3) is 10.9 Å². The first kappa shape index (κ1) is 10.9. The van der Waals surface area contributed by atoms with Gasteiger partial charge in [0.25, 0.3) is 0 Å². The number of pyridine rings is 1. The Kier molecular flexibility index (Phi) is 2.77. The quantitative estimate of drug-likeness (QED) is 0.836. The predicted octanol–water partition coefficient (Wildman–Crippen LogP) is 3.29. The standard InChI is InChI=1S/C13H15FN2/c1-4-9-7-12(15-3)10-5-8(2)6-11(14)13(10)16-9/h5-7H,4H2,1-3H3,(H,15,16). The normalized spacial score (nSPS) is 10.8. The van der Waals surface area contributed by atoms with Crippen LogP contribution in [0.5, 0.6) is 0 Å². The maximum Gasteiger partial charge on any atom is 0.149 e. The molecule has 16 heavy (non-hydrogen) atoms. The third-order valence-corrected chi connectivity index (χ3v) is 2.70. The fourth-order valence-electron chi connectivity index (χ4n) is 1.86. The summed E-state index contributed by atoms with van der Waals surface area (Å²) in [6.07, 6.45) is 0.804. The minimum Gasteiger partial charge on any atom is -0.388 e. The molecule has 0 atom stereocenters. The van der Waals surface area contributed by atoms with Gasteiger partial charge in [0.1, 0.15) is 11.3 Å². The van der Waals surface area contributed by atoms with Gasteiger partial charge in [-0.25, -0.2) is 9.37 Å². The number of aryl methyl sites for hydroxylation is 2. The van der Waals surface area contributed by atoms with Gasteiger partial charge in [0.2, 0.25) is 0 Å². The molecule has 0 saturated heterocycles. The van der Waals surface area contributed by atoms with Gasteiger partial charge >= 0.3 is 0 Å². The number of hydrogen-bond donors (Lipinski definition) is 1. The number of anilines is 1. The molecular formula is C13H15FN2. The van der Waals surface area contributed by atoms with Crippen LogP contribution in [0.4, 0.5) is 10.1 Å². The Balaban J connectivity index is 2.83. The minimum atomic E-state index is -0.248. The van der Waals surface area contributed by atoms with Crippen molar-refractivity contribution in [3.63, 3.8) is 0 Å². The molecule has 0 saturated carbocycles. The minimum absolute atomic E-state index is 0.248. The predicted molar refractivity (Wildman–Crippen MR) is 65.4 cm³/mol. The molecule has 1 aromatic carbocycles. The maximum atomic E-state index is 13.8. The zero-order valence-electron chi connectivity index (χ0n) is 9.76. The molecule has 0 aliphatic rings. The molecule has 3 heteroatoms. The lowest BCUT2D eigenvalue weighted by molar-refractivity contribution is 0.635. The van der Waals surface area contributed by atoms with Crippen molar-refractivity contribution >= 4 is 16.6 Å². The number of nitrogens with one attached hydrogen (secondary N) is 1. The van der Waals surface area contributed by atoms with Crippen molar-refractivity contribution in [3.8, 4) is 0 Å². The van der Waals surface area contributed by atoms with Crippen LogP contribution in [0.2, 0.25) is 0 Å². The van der Waals surface area contributed by atoms with E-state index in [-0.39, 0.29) is 5.82 Å². The molecule has 2 aromatic rings. The highest BCUT2D eigenvalue weighted by Gasteiger charge is 2.09. The summed E-state index contributed by atoms with van der Waals surface area (Å²) in [6.45, 7) is 3.90. The average Bonchev–Trinajstić information content (AvgIpc) is 2.28. The van der Waals surface area contributed by atoms with Crippen LogP contribution in [-0.4, -0.2) is 12.0 Å². The van der Waals surface area contributed by atoms with E-state index in [2.05, 4.69) is 10.3 Å². The number of halogens is 1. The molecule has 0 aliphatic carbocycles. The van der Waals surface area contributed by atoms with Crippen molar-refractivity contribution < 1.29 is 4.39 Å². The maximum absolute atomic E-state index is 13.8. The molecular weight excluding hydrogens is 203 g/mol. The first-order valence-electron chi connectivity index (χ1n) is 5.43. The second kappa shape index (κ2) is 4.08. The third kappa shape index (κ3) is 1.73. The van der Waals surface area contributed by atoms with E-state index in [4.69, 9.17) is 0 Å². The molecule has 2 rings (SSSR count).